The number of aryl methyl sites for hydroxylation is 1. The van der Waals surface area contributed by atoms with Gasteiger partial charge in [0.05, 0.1) is 25.4 Å². The summed E-state index contributed by atoms with van der Waals surface area (Å²) in [6.45, 7) is 4.81. The second-order valence-corrected chi connectivity index (χ2v) is 14.1. The number of aromatic nitrogens is 2. The van der Waals surface area contributed by atoms with Crippen molar-refractivity contribution < 1.29 is 60.0 Å². The van der Waals surface area contributed by atoms with Gasteiger partial charge >= 0.3 is 18.2 Å². The van der Waals surface area contributed by atoms with Gasteiger partial charge in [-0.3, -0.25) is 19.1 Å². The Bertz CT molecular complexity index is 1650. The third-order valence-electron chi connectivity index (χ3n) is 7.66. The van der Waals surface area contributed by atoms with Crippen LogP contribution in [0.25, 0.3) is 0 Å². The van der Waals surface area contributed by atoms with Crippen LogP contribution in [-0.4, -0.2) is 91.1 Å². The number of amides is 2. The fourth-order valence-corrected chi connectivity index (χ4v) is 6.18. The molecule has 0 radical (unpaired) electrons. The normalized spacial score (nSPS) is 17.5. The molecule has 15 nitrogen and oxygen atoms in total. The van der Waals surface area contributed by atoms with Crippen molar-refractivity contribution in [3.05, 3.63) is 24.4 Å². The Morgan fingerprint density at radius 3 is 2.40 bits per heavy atom. The molecular formula is C29H38F3N5O10S. The Morgan fingerprint density at radius 1 is 1.17 bits per heavy atom. The molecule has 1 aliphatic heterocycles. The minimum Gasteiger partial charge on any atom is -0.484 e. The fourth-order valence-electron chi connectivity index (χ4n) is 4.63. The van der Waals surface area contributed by atoms with E-state index in [1.807, 2.05) is 0 Å². The second kappa shape index (κ2) is 13.3. The maximum atomic E-state index is 14.4. The summed E-state index contributed by atoms with van der Waals surface area (Å²) >= 11 is 0. The first-order valence-electron chi connectivity index (χ1n) is 14.9. The molecular weight excluding hydrogens is 667 g/mol. The molecule has 2 aromatic rings. The lowest BCUT2D eigenvalue weighted by molar-refractivity contribution is -0.242. The largest absolute Gasteiger partial charge is 0.484 e. The molecule has 0 saturated heterocycles. The molecule has 2 amide bonds. The number of anilines is 2. The highest BCUT2D eigenvalue weighted by Crippen LogP contribution is 2.44. The van der Waals surface area contributed by atoms with Gasteiger partial charge < -0.3 is 29.4 Å². The molecule has 266 valence electrons. The van der Waals surface area contributed by atoms with Crippen molar-refractivity contribution in [2.75, 3.05) is 29.9 Å². The lowest BCUT2D eigenvalue weighted by Gasteiger charge is -2.39. The molecule has 2 atom stereocenters. The number of sulfonamides is 1. The molecule has 19 heteroatoms. The number of aliphatic hydroxyl groups is 1. The summed E-state index contributed by atoms with van der Waals surface area (Å²) in [5, 5.41) is 19.4. The summed E-state index contributed by atoms with van der Waals surface area (Å²) in [7, 11) is -3.51. The SMILES string of the molecule is CCn1cc(S(=O)(=O)N2C[C@H](C(NC(=O)C(C)(C)O)C3CC3)Oc3ccc(NC(=O)OC(C)(C)C(F)(F)F)cc32)c(OCC(=O)OC)n1. The highest BCUT2D eigenvalue weighted by molar-refractivity contribution is 7.93. The minimum absolute atomic E-state index is 0.00701. The summed E-state index contributed by atoms with van der Waals surface area (Å²) in [4.78, 5) is 36.6. The van der Waals surface area contributed by atoms with Crippen LogP contribution in [-0.2, 0) is 35.6 Å². The minimum atomic E-state index is -4.87. The zero-order valence-corrected chi connectivity index (χ0v) is 27.9. The molecule has 1 fully saturated rings. The number of methoxy groups -OCH3 is 1. The Hall–Kier alpha value is -4.26. The van der Waals surface area contributed by atoms with Gasteiger partial charge in [0.2, 0.25) is 5.60 Å². The van der Waals surface area contributed by atoms with Crippen molar-refractivity contribution in [1.82, 2.24) is 15.1 Å². The van der Waals surface area contributed by atoms with Crippen molar-refractivity contribution >= 4 is 39.4 Å². The van der Waals surface area contributed by atoms with Gasteiger partial charge in [-0.1, -0.05) is 0 Å². The van der Waals surface area contributed by atoms with E-state index in [1.54, 1.807) is 6.92 Å². The number of fused-ring (bicyclic) bond motifs is 1. The Balaban J connectivity index is 1.76. The number of esters is 1. The van der Waals surface area contributed by atoms with Crippen molar-refractivity contribution in [3.63, 3.8) is 0 Å². The number of nitrogens with one attached hydrogen (secondary N) is 2. The summed E-state index contributed by atoms with van der Waals surface area (Å²) in [5.74, 6) is -2.01. The third-order valence-corrected chi connectivity index (χ3v) is 9.42. The summed E-state index contributed by atoms with van der Waals surface area (Å²) in [6.07, 6.45) is -4.72. The molecule has 48 heavy (non-hydrogen) atoms. The van der Waals surface area contributed by atoms with Crippen LogP contribution in [0.3, 0.4) is 0 Å². The number of hydrogen-bond donors (Lipinski definition) is 3. The number of rotatable bonds is 12. The third kappa shape index (κ3) is 8.05. The van der Waals surface area contributed by atoms with Gasteiger partial charge in [-0.15, -0.1) is 5.10 Å². The lowest BCUT2D eigenvalue weighted by Crippen LogP contribution is -2.58. The molecule has 0 spiro atoms. The molecule has 2 aliphatic rings. The molecule has 1 aromatic heterocycles. The van der Waals surface area contributed by atoms with Crippen molar-refractivity contribution in [2.45, 2.75) is 88.4 Å². The first-order valence-corrected chi connectivity index (χ1v) is 16.3. The van der Waals surface area contributed by atoms with E-state index < -0.39 is 81.4 Å². The van der Waals surface area contributed by atoms with E-state index in [1.165, 1.54) is 42.9 Å². The number of carbonyl (C=O) groups is 3. The van der Waals surface area contributed by atoms with Gasteiger partial charge in [-0.25, -0.2) is 18.0 Å². The summed E-state index contributed by atoms with van der Waals surface area (Å²) in [5.41, 5.74) is -4.82. The molecule has 0 bridgehead atoms. The van der Waals surface area contributed by atoms with Crippen LogP contribution in [0.15, 0.2) is 29.3 Å². The Morgan fingerprint density at radius 2 is 1.83 bits per heavy atom. The highest BCUT2D eigenvalue weighted by Gasteiger charge is 2.51. The van der Waals surface area contributed by atoms with E-state index in [0.717, 1.165) is 11.4 Å². The standard InChI is InChI=1S/C29H38F3N5O10S/c1-7-36-14-21(24(35-36)45-15-22(38)44-6)48(42,43)37-13-20(23(16-8-9-16)34-25(39)27(2,3)41)46-19-11-10-17(12-18(19)37)33-26(40)47-28(4,5)29(30,31)32/h10-12,14,16,20,23,41H,7-9,13,15H2,1-6H3,(H,33,40)(H,34,39)/t20-,23?/m1/s1. The topological polar surface area (TPSA) is 188 Å². The van der Waals surface area contributed by atoms with Crippen LogP contribution in [0, 0.1) is 5.92 Å². The monoisotopic (exact) mass is 705 g/mol. The summed E-state index contributed by atoms with van der Waals surface area (Å²) < 4.78 is 91.8. The maximum absolute atomic E-state index is 14.4. The first-order chi connectivity index (χ1) is 22.2. The number of ether oxygens (including phenoxy) is 4. The van der Waals surface area contributed by atoms with Gasteiger partial charge in [0.1, 0.15) is 17.5 Å². The highest BCUT2D eigenvalue weighted by atomic mass is 32.2. The van der Waals surface area contributed by atoms with Gasteiger partial charge in [-0.05, 0) is 71.6 Å². The Labute approximate surface area is 274 Å². The molecule has 1 aromatic carbocycles. The lowest BCUT2D eigenvalue weighted by atomic mass is 10.0. The zero-order chi connectivity index (χ0) is 35.8. The molecule has 3 N–H and O–H groups in total. The van der Waals surface area contributed by atoms with E-state index >= 15 is 0 Å². The van der Waals surface area contributed by atoms with Crippen LogP contribution in [0.2, 0.25) is 0 Å². The van der Waals surface area contributed by atoms with Crippen molar-refractivity contribution in [1.29, 1.82) is 0 Å². The first kappa shape index (κ1) is 36.6. The van der Waals surface area contributed by atoms with E-state index in [9.17, 15) is 41.1 Å². The molecule has 4 rings (SSSR count). The smallest absolute Gasteiger partial charge is 0.427 e. The molecule has 1 aliphatic carbocycles. The molecule has 1 unspecified atom stereocenters. The summed E-state index contributed by atoms with van der Waals surface area (Å²) in [6, 6.07) is 3.02. The average Bonchev–Trinajstić information content (AvgIpc) is 3.74. The van der Waals surface area contributed by atoms with Crippen LogP contribution in [0.4, 0.5) is 29.3 Å². The van der Waals surface area contributed by atoms with Gasteiger partial charge in [-0.2, -0.15) is 13.2 Å². The molecule has 2 heterocycles. The Kier molecular flexibility index (Phi) is 10.2. The predicted molar refractivity (Wildman–Crippen MR) is 162 cm³/mol. The van der Waals surface area contributed by atoms with Gasteiger partial charge in [0.15, 0.2) is 11.5 Å². The van der Waals surface area contributed by atoms with E-state index in [4.69, 9.17) is 9.47 Å². The average molecular weight is 706 g/mol. The van der Waals surface area contributed by atoms with E-state index in [2.05, 4.69) is 25.2 Å². The number of carbonyl (C=O) groups excluding carboxylic acids is 3. The predicted octanol–water partition coefficient (Wildman–Crippen LogP) is 2.97. The zero-order valence-electron chi connectivity index (χ0n) is 27.1. The number of nitrogens with zero attached hydrogens (tertiary/aromatic N) is 3. The number of hydrogen-bond acceptors (Lipinski definition) is 11. The number of alkyl halides is 3. The van der Waals surface area contributed by atoms with Crippen molar-refractivity contribution in [3.8, 4) is 11.6 Å². The number of halogens is 3. The fraction of sp³-hybridized carbons (Fsp3) is 0.586. The van der Waals surface area contributed by atoms with E-state index in [-0.39, 0.29) is 29.6 Å². The van der Waals surface area contributed by atoms with Gasteiger partial charge in [0, 0.05) is 18.4 Å². The van der Waals surface area contributed by atoms with Crippen molar-refractivity contribution in [2.24, 2.45) is 5.92 Å². The van der Waals surface area contributed by atoms with E-state index in [0.29, 0.717) is 26.7 Å². The second-order valence-electron chi connectivity index (χ2n) is 12.3. The quantitative estimate of drug-likeness (QED) is 0.276. The number of benzene rings is 1. The maximum Gasteiger partial charge on any atom is 0.427 e. The van der Waals surface area contributed by atoms with Gasteiger partial charge in [0.25, 0.3) is 21.8 Å². The molecule has 1 saturated carbocycles. The van der Waals surface area contributed by atoms with Crippen LogP contribution in [0.1, 0.15) is 47.5 Å². The van der Waals surface area contributed by atoms with Crippen LogP contribution < -0.4 is 24.4 Å². The van der Waals surface area contributed by atoms with Crippen LogP contribution >= 0.6 is 0 Å². The van der Waals surface area contributed by atoms with Crippen LogP contribution in [0.5, 0.6) is 11.6 Å².